The van der Waals surface area contributed by atoms with E-state index in [4.69, 9.17) is 10.5 Å². The van der Waals surface area contributed by atoms with Crippen molar-refractivity contribution in [1.29, 1.82) is 5.26 Å². The Balaban J connectivity index is 2.10. The van der Waals surface area contributed by atoms with Gasteiger partial charge in [0.1, 0.15) is 10.5 Å². The van der Waals surface area contributed by atoms with E-state index >= 15 is 0 Å². The third kappa shape index (κ3) is 3.13. The number of nitrogens with two attached hydrogens (primary N) is 1. The van der Waals surface area contributed by atoms with Crippen LogP contribution in [0, 0.1) is 11.3 Å². The van der Waals surface area contributed by atoms with E-state index in [1.54, 1.807) is 6.08 Å². The molecule has 0 unspecified atom stereocenters. The van der Waals surface area contributed by atoms with Gasteiger partial charge < -0.3 is 10.5 Å². The molecule has 2 N–H and O–H groups in total. The van der Waals surface area contributed by atoms with E-state index < -0.39 is 11.9 Å². The third-order valence-electron chi connectivity index (χ3n) is 4.90. The number of fused-ring (bicyclic) bond motifs is 1. The molecule has 2 heterocycles. The van der Waals surface area contributed by atoms with Crippen LogP contribution >= 0.6 is 11.3 Å². The first kappa shape index (κ1) is 19.4. The fraction of sp³-hybridized carbons (Fsp3) is 0.0870. The van der Waals surface area contributed by atoms with Gasteiger partial charge in [0, 0.05) is 0 Å². The lowest BCUT2D eigenvalue weighted by atomic mass is 9.84. The Bertz CT molecular complexity index is 1380. The van der Waals surface area contributed by atoms with Gasteiger partial charge in [-0.05, 0) is 17.2 Å². The monoisotopic (exact) mass is 415 g/mol. The zero-order chi connectivity index (χ0) is 21.3. The van der Waals surface area contributed by atoms with Crippen molar-refractivity contribution in [2.45, 2.75) is 5.92 Å². The average molecular weight is 415 g/mol. The summed E-state index contributed by atoms with van der Waals surface area (Å²) < 4.78 is 7.02. The van der Waals surface area contributed by atoms with Crippen LogP contribution in [-0.2, 0) is 9.53 Å². The Kier molecular flexibility index (Phi) is 5.09. The fourth-order valence-electron chi connectivity index (χ4n) is 3.54. The molecule has 0 saturated heterocycles. The molecule has 2 aromatic carbocycles. The first-order chi connectivity index (χ1) is 14.6. The van der Waals surface area contributed by atoms with Crippen LogP contribution in [0.5, 0.6) is 0 Å². The van der Waals surface area contributed by atoms with Crippen LogP contribution in [0.1, 0.15) is 17.0 Å². The second kappa shape index (κ2) is 7.85. The van der Waals surface area contributed by atoms with Gasteiger partial charge in [0.2, 0.25) is 0 Å². The van der Waals surface area contributed by atoms with Gasteiger partial charge >= 0.3 is 5.97 Å². The van der Waals surface area contributed by atoms with E-state index in [0.29, 0.717) is 9.20 Å². The highest BCUT2D eigenvalue weighted by molar-refractivity contribution is 7.07. The predicted molar refractivity (Wildman–Crippen MR) is 115 cm³/mol. The van der Waals surface area contributed by atoms with Gasteiger partial charge in [-0.25, -0.2) is 4.79 Å². The first-order valence-electron chi connectivity index (χ1n) is 9.13. The molecule has 30 heavy (non-hydrogen) atoms. The van der Waals surface area contributed by atoms with E-state index in [1.165, 1.54) is 23.0 Å². The minimum atomic E-state index is -0.716. The molecule has 0 spiro atoms. The predicted octanol–water partition coefficient (Wildman–Crippen LogP) is 1.51. The van der Waals surface area contributed by atoms with Crippen molar-refractivity contribution in [2.24, 2.45) is 5.73 Å². The molecule has 148 valence electrons. The summed E-state index contributed by atoms with van der Waals surface area (Å²) in [5, 5.41) is 10.00. The van der Waals surface area contributed by atoms with Crippen molar-refractivity contribution >= 4 is 34.8 Å². The number of aromatic nitrogens is 1. The van der Waals surface area contributed by atoms with Crippen LogP contribution in [-0.4, -0.2) is 17.6 Å². The summed E-state index contributed by atoms with van der Waals surface area (Å²) in [5.74, 6) is -1.41. The van der Waals surface area contributed by atoms with E-state index in [0.717, 1.165) is 11.1 Å². The molecule has 0 amide bonds. The number of benzene rings is 2. The maximum absolute atomic E-state index is 13.1. The SMILES string of the molecule is COC(=O)C1=C(N)n2c(s/c(=C/c3ccccc3)c2=O)=C(C#N)[C@H]1c1ccccc1. The molecule has 1 aliphatic rings. The summed E-state index contributed by atoms with van der Waals surface area (Å²) in [5.41, 5.74) is 7.89. The molecule has 0 fully saturated rings. The van der Waals surface area contributed by atoms with Crippen molar-refractivity contribution in [3.8, 4) is 6.07 Å². The zero-order valence-corrected chi connectivity index (χ0v) is 16.8. The van der Waals surface area contributed by atoms with Gasteiger partial charge in [0.15, 0.2) is 0 Å². The summed E-state index contributed by atoms with van der Waals surface area (Å²) in [6.45, 7) is 0. The number of hydrogen-bond donors (Lipinski definition) is 1. The highest BCUT2D eigenvalue weighted by Gasteiger charge is 2.36. The number of carbonyl (C=O) groups excluding carboxylic acids is 1. The molecular weight excluding hydrogens is 398 g/mol. The van der Waals surface area contributed by atoms with Gasteiger partial charge in [-0.3, -0.25) is 9.36 Å². The second-order valence-electron chi connectivity index (χ2n) is 6.63. The third-order valence-corrected chi connectivity index (χ3v) is 6.01. The molecule has 0 aliphatic carbocycles. The maximum atomic E-state index is 13.1. The summed E-state index contributed by atoms with van der Waals surface area (Å²) >= 11 is 1.18. The first-order valence-corrected chi connectivity index (χ1v) is 9.94. The maximum Gasteiger partial charge on any atom is 0.338 e. The Hall–Kier alpha value is -3.89. The lowest BCUT2D eigenvalue weighted by Crippen LogP contribution is -2.40. The molecule has 1 atom stereocenters. The Morgan fingerprint density at radius 1 is 1.17 bits per heavy atom. The summed E-state index contributed by atoms with van der Waals surface area (Å²) in [7, 11) is 1.25. The van der Waals surface area contributed by atoms with Crippen molar-refractivity contribution in [1.82, 2.24) is 4.57 Å². The second-order valence-corrected chi connectivity index (χ2v) is 7.66. The molecule has 0 bridgehead atoms. The van der Waals surface area contributed by atoms with Crippen LogP contribution in [0.2, 0.25) is 0 Å². The number of methoxy groups -OCH3 is 1. The standard InChI is InChI=1S/C23H17N3O3S/c1-29-23(28)19-18(15-10-6-3-7-11-15)16(13-24)22-26(20(19)25)21(27)17(30-22)12-14-8-4-2-5-9-14/h2-12,18H,25H2,1H3/b17-12+/t18-/m1/s1. The largest absolute Gasteiger partial charge is 0.466 e. The van der Waals surface area contributed by atoms with E-state index in [1.807, 2.05) is 60.7 Å². The van der Waals surface area contributed by atoms with Crippen molar-refractivity contribution in [3.05, 3.63) is 96.9 Å². The quantitative estimate of drug-likeness (QED) is 0.654. The molecule has 7 heteroatoms. The molecule has 1 aliphatic heterocycles. The van der Waals surface area contributed by atoms with E-state index in [-0.39, 0.29) is 22.5 Å². The fourth-order valence-corrected chi connectivity index (χ4v) is 4.67. The number of rotatable bonds is 3. The average Bonchev–Trinajstić information content (AvgIpc) is 3.10. The smallest absolute Gasteiger partial charge is 0.338 e. The van der Waals surface area contributed by atoms with Gasteiger partial charge in [-0.2, -0.15) is 5.26 Å². The highest BCUT2D eigenvalue weighted by atomic mass is 32.1. The lowest BCUT2D eigenvalue weighted by molar-refractivity contribution is -0.136. The van der Waals surface area contributed by atoms with Gasteiger partial charge in [0.05, 0.1) is 34.8 Å². The molecule has 0 radical (unpaired) electrons. The number of nitrogens with zero attached hydrogens (tertiary/aromatic N) is 2. The molecular formula is C23H17N3O3S. The molecule has 4 rings (SSSR count). The van der Waals surface area contributed by atoms with Crippen molar-refractivity contribution in [2.75, 3.05) is 7.11 Å². The Morgan fingerprint density at radius 3 is 2.40 bits per heavy atom. The van der Waals surface area contributed by atoms with Crippen molar-refractivity contribution < 1.29 is 9.53 Å². The van der Waals surface area contributed by atoms with Gasteiger partial charge in [-0.1, -0.05) is 60.7 Å². The minimum absolute atomic E-state index is 0.0151. The topological polar surface area (TPSA) is 98.1 Å². The molecule has 0 saturated carbocycles. The zero-order valence-electron chi connectivity index (χ0n) is 16.0. The summed E-state index contributed by atoms with van der Waals surface area (Å²) in [6, 6.07) is 20.7. The number of thiazole rings is 1. The van der Waals surface area contributed by atoms with Crippen LogP contribution in [0.15, 0.2) is 71.0 Å². The Morgan fingerprint density at radius 2 is 1.80 bits per heavy atom. The van der Waals surface area contributed by atoms with Gasteiger partial charge in [-0.15, -0.1) is 11.3 Å². The van der Waals surface area contributed by atoms with Gasteiger partial charge in [0.25, 0.3) is 5.56 Å². The highest BCUT2D eigenvalue weighted by Crippen LogP contribution is 2.36. The summed E-state index contributed by atoms with van der Waals surface area (Å²) in [4.78, 5) is 25.8. The number of ether oxygens (including phenoxy) is 1. The minimum Gasteiger partial charge on any atom is -0.466 e. The van der Waals surface area contributed by atoms with Crippen LogP contribution in [0.4, 0.5) is 0 Å². The van der Waals surface area contributed by atoms with E-state index in [9.17, 15) is 14.9 Å². The lowest BCUT2D eigenvalue weighted by Gasteiger charge is -2.24. The van der Waals surface area contributed by atoms with Crippen LogP contribution in [0.3, 0.4) is 0 Å². The molecule has 6 nitrogen and oxygen atoms in total. The van der Waals surface area contributed by atoms with Crippen LogP contribution in [0.25, 0.3) is 17.5 Å². The normalized spacial score (nSPS) is 16.2. The van der Waals surface area contributed by atoms with Crippen molar-refractivity contribution in [3.63, 3.8) is 0 Å². The number of nitriles is 1. The Labute approximate surface area is 176 Å². The summed E-state index contributed by atoms with van der Waals surface area (Å²) in [6.07, 6.45) is 1.75. The van der Waals surface area contributed by atoms with Crippen LogP contribution < -0.4 is 20.5 Å². The molecule has 3 aromatic rings. The molecule has 1 aromatic heterocycles. The number of carbonyl (C=O) groups is 1. The van der Waals surface area contributed by atoms with E-state index in [2.05, 4.69) is 6.07 Å². The number of esters is 1. The number of hydrogen-bond acceptors (Lipinski definition) is 6.